The fourth-order valence-corrected chi connectivity index (χ4v) is 6.08. The molecule has 0 bridgehead atoms. The number of methoxy groups -OCH3 is 1. The molecule has 0 unspecified atom stereocenters. The maximum atomic E-state index is 13.6. The highest BCUT2D eigenvalue weighted by Gasteiger charge is 2.29. The van der Waals surface area contributed by atoms with Crippen molar-refractivity contribution < 1.29 is 26.4 Å². The minimum absolute atomic E-state index is 0.0155. The first-order chi connectivity index (χ1) is 18.6. The number of hydrogen-bond acceptors (Lipinski definition) is 7. The monoisotopic (exact) mass is 566 g/mol. The van der Waals surface area contributed by atoms with Crippen LogP contribution in [0, 0.1) is 6.92 Å². The van der Waals surface area contributed by atoms with Crippen LogP contribution in [-0.4, -0.2) is 41.4 Å². The minimum Gasteiger partial charge on any atom is -0.495 e. The van der Waals surface area contributed by atoms with Crippen molar-refractivity contribution in [2.24, 2.45) is 0 Å². The number of hydrogen-bond donors (Lipinski definition) is 2. The average molecular weight is 567 g/mol. The summed E-state index contributed by atoms with van der Waals surface area (Å²) in [5, 5.41) is 2.63. The van der Waals surface area contributed by atoms with Crippen molar-refractivity contribution in [1.82, 2.24) is 4.98 Å². The molecular weight excluding hydrogens is 540 g/mol. The van der Waals surface area contributed by atoms with Gasteiger partial charge in [-0.3, -0.25) is 13.8 Å². The summed E-state index contributed by atoms with van der Waals surface area (Å²) >= 11 is 0. The van der Waals surface area contributed by atoms with E-state index in [1.807, 2.05) is 6.92 Å². The van der Waals surface area contributed by atoms with E-state index in [0.29, 0.717) is 0 Å². The molecular formula is C27H26N4O6S2. The Morgan fingerprint density at radius 1 is 0.846 bits per heavy atom. The van der Waals surface area contributed by atoms with E-state index in [4.69, 9.17) is 4.74 Å². The fourth-order valence-electron chi connectivity index (χ4n) is 3.64. The molecule has 4 rings (SSSR count). The standard InChI is InChI=1S/C27H26N4O6S2/c1-20-10-14-23(15-11-20)39(35,36)31(24-7-3-4-8-25(24)37-2)19-27(32)29-21-12-16-22(17-13-21)38(33,34)30-26-9-5-6-18-28-26/h3-18H,19H2,1-2H3,(H,28,30)(H,29,32). The predicted molar refractivity (Wildman–Crippen MR) is 149 cm³/mol. The number of aromatic nitrogens is 1. The van der Waals surface area contributed by atoms with Crippen molar-refractivity contribution in [3.63, 3.8) is 0 Å². The number of carbonyl (C=O) groups excluding carboxylic acids is 1. The molecule has 0 saturated carbocycles. The van der Waals surface area contributed by atoms with E-state index in [1.165, 1.54) is 55.8 Å². The van der Waals surface area contributed by atoms with E-state index in [9.17, 15) is 21.6 Å². The van der Waals surface area contributed by atoms with Gasteiger partial charge in [0, 0.05) is 11.9 Å². The summed E-state index contributed by atoms with van der Waals surface area (Å²) in [6.45, 7) is 1.28. The number of para-hydroxylation sites is 2. The summed E-state index contributed by atoms with van der Waals surface area (Å²) in [5.41, 5.74) is 1.36. The Balaban J connectivity index is 1.56. The summed E-state index contributed by atoms with van der Waals surface area (Å²) in [7, 11) is -6.64. The molecule has 10 nitrogen and oxygen atoms in total. The number of ether oxygens (including phenoxy) is 1. The Labute approximate surface area is 227 Å². The van der Waals surface area contributed by atoms with Crippen LogP contribution in [0.2, 0.25) is 0 Å². The van der Waals surface area contributed by atoms with Gasteiger partial charge in [0.25, 0.3) is 20.0 Å². The SMILES string of the molecule is COc1ccccc1N(CC(=O)Nc1ccc(S(=O)(=O)Nc2ccccn2)cc1)S(=O)(=O)c1ccc(C)cc1. The Kier molecular flexibility index (Phi) is 8.17. The maximum Gasteiger partial charge on any atom is 0.264 e. The van der Waals surface area contributed by atoms with Crippen LogP contribution in [0.15, 0.2) is 107 Å². The number of nitrogens with one attached hydrogen (secondary N) is 2. The van der Waals surface area contributed by atoms with Gasteiger partial charge in [-0.05, 0) is 67.6 Å². The lowest BCUT2D eigenvalue weighted by molar-refractivity contribution is -0.114. The molecule has 1 amide bonds. The second-order valence-corrected chi connectivity index (χ2v) is 11.9. The number of pyridine rings is 1. The average Bonchev–Trinajstić information content (AvgIpc) is 2.92. The maximum absolute atomic E-state index is 13.6. The van der Waals surface area contributed by atoms with E-state index in [0.717, 1.165) is 9.87 Å². The first kappa shape index (κ1) is 27.6. The fraction of sp³-hybridized carbons (Fsp3) is 0.111. The second-order valence-electron chi connectivity index (χ2n) is 8.39. The molecule has 0 aliphatic rings. The first-order valence-corrected chi connectivity index (χ1v) is 14.6. The van der Waals surface area contributed by atoms with Crippen LogP contribution in [0.1, 0.15) is 5.56 Å². The Morgan fingerprint density at radius 3 is 2.13 bits per heavy atom. The van der Waals surface area contributed by atoms with E-state index in [2.05, 4.69) is 15.0 Å². The van der Waals surface area contributed by atoms with Gasteiger partial charge in [-0.1, -0.05) is 35.9 Å². The van der Waals surface area contributed by atoms with Crippen molar-refractivity contribution in [2.45, 2.75) is 16.7 Å². The highest BCUT2D eigenvalue weighted by Crippen LogP contribution is 2.32. The number of anilines is 3. The zero-order chi connectivity index (χ0) is 28.0. The van der Waals surface area contributed by atoms with Crippen LogP contribution >= 0.6 is 0 Å². The number of sulfonamides is 2. The third kappa shape index (κ3) is 6.54. The van der Waals surface area contributed by atoms with Crippen molar-refractivity contribution in [3.05, 3.63) is 103 Å². The topological polar surface area (TPSA) is 135 Å². The molecule has 0 fully saturated rings. The lowest BCUT2D eigenvalue weighted by Gasteiger charge is -2.25. The van der Waals surface area contributed by atoms with Gasteiger partial charge in [0.2, 0.25) is 5.91 Å². The van der Waals surface area contributed by atoms with Crippen molar-refractivity contribution in [1.29, 1.82) is 0 Å². The number of benzene rings is 3. The molecule has 0 saturated heterocycles. The number of nitrogens with zero attached hydrogens (tertiary/aromatic N) is 2. The van der Waals surface area contributed by atoms with Gasteiger partial charge in [0.15, 0.2) is 0 Å². The molecule has 1 aromatic heterocycles. The molecule has 12 heteroatoms. The number of carbonyl (C=O) groups is 1. The molecule has 0 aliphatic carbocycles. The summed E-state index contributed by atoms with van der Waals surface area (Å²) in [4.78, 5) is 17.0. The lowest BCUT2D eigenvalue weighted by Crippen LogP contribution is -2.38. The number of amides is 1. The summed E-state index contributed by atoms with van der Waals surface area (Å²) in [6.07, 6.45) is 1.46. The van der Waals surface area contributed by atoms with Gasteiger partial charge < -0.3 is 10.1 Å². The van der Waals surface area contributed by atoms with Gasteiger partial charge in [0.1, 0.15) is 18.1 Å². The lowest BCUT2D eigenvalue weighted by atomic mass is 10.2. The first-order valence-electron chi connectivity index (χ1n) is 11.7. The second kappa shape index (κ2) is 11.5. The molecule has 202 valence electrons. The van der Waals surface area contributed by atoms with E-state index in [1.54, 1.807) is 48.5 Å². The Bertz CT molecular complexity index is 1660. The largest absolute Gasteiger partial charge is 0.495 e. The molecule has 0 atom stereocenters. The van der Waals surface area contributed by atoms with E-state index < -0.39 is 32.5 Å². The van der Waals surface area contributed by atoms with Crippen LogP contribution in [0.3, 0.4) is 0 Å². The number of aryl methyl sites for hydroxylation is 1. The highest BCUT2D eigenvalue weighted by molar-refractivity contribution is 7.93. The third-order valence-corrected chi connectivity index (χ3v) is 8.75. The van der Waals surface area contributed by atoms with Crippen LogP contribution in [0.5, 0.6) is 5.75 Å². The number of rotatable bonds is 10. The van der Waals surface area contributed by atoms with E-state index in [-0.39, 0.29) is 32.7 Å². The Hall–Kier alpha value is -4.42. The van der Waals surface area contributed by atoms with Crippen LogP contribution in [0.25, 0.3) is 0 Å². The molecule has 2 N–H and O–H groups in total. The van der Waals surface area contributed by atoms with Gasteiger partial charge in [0.05, 0.1) is 22.6 Å². The third-order valence-electron chi connectivity index (χ3n) is 5.60. The van der Waals surface area contributed by atoms with Crippen molar-refractivity contribution >= 4 is 43.1 Å². The summed E-state index contributed by atoms with van der Waals surface area (Å²) in [6, 6.07) is 23.1. The Morgan fingerprint density at radius 2 is 1.49 bits per heavy atom. The molecule has 39 heavy (non-hydrogen) atoms. The molecule has 0 spiro atoms. The quantitative estimate of drug-likeness (QED) is 0.296. The van der Waals surface area contributed by atoms with Gasteiger partial charge in [-0.2, -0.15) is 0 Å². The van der Waals surface area contributed by atoms with Gasteiger partial charge in [-0.15, -0.1) is 0 Å². The smallest absolute Gasteiger partial charge is 0.264 e. The van der Waals surface area contributed by atoms with Crippen molar-refractivity contribution in [2.75, 3.05) is 28.0 Å². The highest BCUT2D eigenvalue weighted by atomic mass is 32.2. The molecule has 3 aromatic carbocycles. The minimum atomic E-state index is -4.15. The van der Waals surface area contributed by atoms with Crippen LogP contribution in [-0.2, 0) is 24.8 Å². The van der Waals surface area contributed by atoms with Crippen LogP contribution in [0.4, 0.5) is 17.2 Å². The molecule has 1 heterocycles. The molecule has 0 aliphatic heterocycles. The van der Waals surface area contributed by atoms with Crippen LogP contribution < -0.4 is 19.1 Å². The summed E-state index contributed by atoms with van der Waals surface area (Å²) in [5.74, 6) is -0.198. The summed E-state index contributed by atoms with van der Waals surface area (Å²) < 4.78 is 61.2. The van der Waals surface area contributed by atoms with Crippen molar-refractivity contribution in [3.8, 4) is 5.75 Å². The predicted octanol–water partition coefficient (Wildman–Crippen LogP) is 4.03. The zero-order valence-electron chi connectivity index (χ0n) is 21.1. The molecule has 0 radical (unpaired) electrons. The normalized spacial score (nSPS) is 11.4. The molecule has 4 aromatic rings. The van der Waals surface area contributed by atoms with E-state index >= 15 is 0 Å². The van der Waals surface area contributed by atoms with Gasteiger partial charge in [-0.25, -0.2) is 21.8 Å². The van der Waals surface area contributed by atoms with Gasteiger partial charge >= 0.3 is 0 Å². The zero-order valence-corrected chi connectivity index (χ0v) is 22.7.